The lowest BCUT2D eigenvalue weighted by Gasteiger charge is -2.08. The molecule has 0 atom stereocenters. The van der Waals surface area contributed by atoms with Gasteiger partial charge in [-0.05, 0) is 29.8 Å². The lowest BCUT2D eigenvalue weighted by molar-refractivity contribution is -0.136. The van der Waals surface area contributed by atoms with Crippen LogP contribution in [-0.4, -0.2) is 37.1 Å². The van der Waals surface area contributed by atoms with Gasteiger partial charge in [0.1, 0.15) is 6.07 Å². The van der Waals surface area contributed by atoms with Gasteiger partial charge in [0.05, 0.1) is 7.11 Å². The quantitative estimate of drug-likeness (QED) is 0.359. The van der Waals surface area contributed by atoms with Crippen LogP contribution in [0.5, 0.6) is 11.5 Å². The Morgan fingerprint density at radius 2 is 2.00 bits per heavy atom. The molecule has 0 aliphatic carbocycles. The number of nitrogens with one attached hydrogen (secondary N) is 1. The first kappa shape index (κ1) is 19.7. The van der Waals surface area contributed by atoms with E-state index in [-0.39, 0.29) is 19.0 Å². The summed E-state index contributed by atoms with van der Waals surface area (Å²) < 4.78 is 15.5. The van der Waals surface area contributed by atoms with Gasteiger partial charge in [-0.15, -0.1) is 0 Å². The number of hydrogen-bond donors (Lipinski definition) is 1. The number of H-pyrrole nitrogens is 1. The second-order valence-corrected chi connectivity index (χ2v) is 5.97. The van der Waals surface area contributed by atoms with Gasteiger partial charge in [-0.25, -0.2) is 4.79 Å². The number of aromatic nitrogens is 1. The molecule has 29 heavy (non-hydrogen) atoms. The highest BCUT2D eigenvalue weighted by Crippen LogP contribution is 2.28. The minimum atomic E-state index is -0.637. The Morgan fingerprint density at radius 1 is 1.17 bits per heavy atom. The van der Waals surface area contributed by atoms with Gasteiger partial charge in [0, 0.05) is 28.7 Å². The Labute approximate surface area is 167 Å². The molecule has 0 saturated heterocycles. The zero-order valence-corrected chi connectivity index (χ0v) is 15.7. The van der Waals surface area contributed by atoms with Crippen molar-refractivity contribution in [2.45, 2.75) is 0 Å². The number of aromatic amines is 1. The van der Waals surface area contributed by atoms with Crippen LogP contribution in [0.1, 0.15) is 15.9 Å². The molecule has 1 aromatic heterocycles. The van der Waals surface area contributed by atoms with Crippen LogP contribution in [0.25, 0.3) is 17.0 Å². The number of fused-ring (bicyclic) bond motifs is 1. The number of nitrogens with zero attached hydrogens (tertiary/aromatic N) is 1. The van der Waals surface area contributed by atoms with Crippen molar-refractivity contribution in [1.29, 1.82) is 5.26 Å². The van der Waals surface area contributed by atoms with Gasteiger partial charge >= 0.3 is 5.97 Å². The molecular formula is C22H18N2O5. The maximum atomic E-state index is 12.3. The number of rotatable bonds is 8. The first-order valence-electron chi connectivity index (χ1n) is 8.74. The molecule has 3 aromatic rings. The molecule has 1 heterocycles. The van der Waals surface area contributed by atoms with Crippen molar-refractivity contribution in [3.63, 3.8) is 0 Å². The number of Topliss-reactive ketones (excluding diaryl/α,β-unsaturated/α-hetero) is 1. The summed E-state index contributed by atoms with van der Waals surface area (Å²) in [5.74, 6) is -0.0600. The Bertz CT molecular complexity index is 1110. The van der Waals surface area contributed by atoms with E-state index in [2.05, 4.69) is 4.98 Å². The summed E-state index contributed by atoms with van der Waals surface area (Å²) in [5, 5.41) is 9.38. The second-order valence-electron chi connectivity index (χ2n) is 5.97. The summed E-state index contributed by atoms with van der Waals surface area (Å²) in [6.07, 6.45) is 4.38. The fraction of sp³-hybridized carbons (Fsp3) is 0.136. The second kappa shape index (κ2) is 9.24. The minimum absolute atomic E-state index is 0.0949. The number of carbonyl (C=O) groups excluding carboxylic acids is 2. The highest BCUT2D eigenvalue weighted by molar-refractivity contribution is 6.09. The average Bonchev–Trinajstić information content (AvgIpc) is 3.19. The topological polar surface area (TPSA) is 101 Å². The predicted molar refractivity (Wildman–Crippen MR) is 107 cm³/mol. The first-order valence-corrected chi connectivity index (χ1v) is 8.74. The number of nitriles is 1. The summed E-state index contributed by atoms with van der Waals surface area (Å²) in [6, 6.07) is 14.3. The lowest BCUT2D eigenvalue weighted by Crippen LogP contribution is -2.12. The van der Waals surface area contributed by atoms with E-state index < -0.39 is 5.97 Å². The number of para-hydroxylation sites is 1. The highest BCUT2D eigenvalue weighted by Gasteiger charge is 2.13. The van der Waals surface area contributed by atoms with E-state index in [1.54, 1.807) is 24.4 Å². The maximum Gasteiger partial charge on any atom is 0.331 e. The van der Waals surface area contributed by atoms with Crippen LogP contribution in [0.4, 0.5) is 0 Å². The van der Waals surface area contributed by atoms with E-state index in [0.717, 1.165) is 10.9 Å². The van der Waals surface area contributed by atoms with Gasteiger partial charge in [-0.2, -0.15) is 5.26 Å². The molecule has 7 nitrogen and oxygen atoms in total. The van der Waals surface area contributed by atoms with Gasteiger partial charge in [-0.3, -0.25) is 4.79 Å². The summed E-state index contributed by atoms with van der Waals surface area (Å²) in [4.78, 5) is 27.3. The van der Waals surface area contributed by atoms with Gasteiger partial charge in [0.25, 0.3) is 0 Å². The van der Waals surface area contributed by atoms with Crippen molar-refractivity contribution in [1.82, 2.24) is 4.98 Å². The van der Waals surface area contributed by atoms with Gasteiger partial charge in [0.2, 0.25) is 5.78 Å². The van der Waals surface area contributed by atoms with E-state index >= 15 is 0 Å². The number of ketones is 1. The molecule has 2 aromatic carbocycles. The van der Waals surface area contributed by atoms with Crippen molar-refractivity contribution >= 4 is 28.7 Å². The smallest absolute Gasteiger partial charge is 0.331 e. The Morgan fingerprint density at radius 3 is 2.79 bits per heavy atom. The first-order chi connectivity index (χ1) is 14.1. The number of carbonyl (C=O) groups is 2. The van der Waals surface area contributed by atoms with Gasteiger partial charge in [0.15, 0.2) is 24.7 Å². The Hall–Kier alpha value is -4.05. The van der Waals surface area contributed by atoms with Crippen molar-refractivity contribution < 1.29 is 23.8 Å². The van der Waals surface area contributed by atoms with E-state index in [9.17, 15) is 9.59 Å². The molecule has 0 amide bonds. The molecule has 0 fully saturated rings. The lowest BCUT2D eigenvalue weighted by atomic mass is 10.1. The molecular weight excluding hydrogens is 372 g/mol. The summed E-state index contributed by atoms with van der Waals surface area (Å²) in [6.45, 7) is -0.447. The zero-order chi connectivity index (χ0) is 20.6. The Balaban J connectivity index is 1.59. The molecule has 3 rings (SSSR count). The average molecular weight is 390 g/mol. The van der Waals surface area contributed by atoms with Crippen LogP contribution in [0.2, 0.25) is 0 Å². The SMILES string of the molecule is COc1cc(C=CC(=O)OCC(=O)c2c[nH]c3ccccc23)ccc1OCC#N. The van der Waals surface area contributed by atoms with Crippen LogP contribution in [0.3, 0.4) is 0 Å². The van der Waals surface area contributed by atoms with Crippen LogP contribution in [-0.2, 0) is 9.53 Å². The van der Waals surface area contributed by atoms with Crippen molar-refractivity contribution in [3.8, 4) is 17.6 Å². The summed E-state index contributed by atoms with van der Waals surface area (Å²) in [7, 11) is 1.48. The number of methoxy groups -OCH3 is 1. The molecule has 146 valence electrons. The van der Waals surface area contributed by atoms with Gasteiger partial charge < -0.3 is 19.2 Å². The summed E-state index contributed by atoms with van der Waals surface area (Å²) in [5.41, 5.74) is 2.00. The molecule has 0 unspecified atom stereocenters. The van der Waals surface area contributed by atoms with Crippen molar-refractivity contribution in [2.24, 2.45) is 0 Å². The van der Waals surface area contributed by atoms with Crippen LogP contribution in [0.15, 0.2) is 54.7 Å². The molecule has 0 spiro atoms. The van der Waals surface area contributed by atoms with Crippen molar-refractivity contribution in [2.75, 3.05) is 20.3 Å². The standard InChI is InChI=1S/C22H18N2O5/c1-27-21-12-15(6-8-20(21)28-11-10-23)7-9-22(26)29-14-19(25)17-13-24-18-5-3-2-4-16(17)18/h2-9,12-13,24H,11,14H2,1H3. The Kier molecular flexibility index (Phi) is 6.28. The fourth-order valence-corrected chi connectivity index (χ4v) is 2.75. The number of benzene rings is 2. The third-order valence-corrected chi connectivity index (χ3v) is 4.13. The molecule has 0 radical (unpaired) electrons. The predicted octanol–water partition coefficient (Wildman–Crippen LogP) is 3.52. The highest BCUT2D eigenvalue weighted by atomic mass is 16.5. The molecule has 0 saturated carbocycles. The van der Waals surface area contributed by atoms with Crippen LogP contribution >= 0.6 is 0 Å². The number of esters is 1. The third kappa shape index (κ3) is 4.82. The van der Waals surface area contributed by atoms with Crippen LogP contribution < -0.4 is 9.47 Å². The van der Waals surface area contributed by atoms with E-state index in [4.69, 9.17) is 19.5 Å². The van der Waals surface area contributed by atoms with E-state index in [1.165, 1.54) is 19.3 Å². The van der Waals surface area contributed by atoms with Crippen molar-refractivity contribution in [3.05, 3.63) is 65.9 Å². The molecule has 1 N–H and O–H groups in total. The van der Waals surface area contributed by atoms with E-state index in [0.29, 0.717) is 22.6 Å². The maximum absolute atomic E-state index is 12.3. The van der Waals surface area contributed by atoms with E-state index in [1.807, 2.05) is 30.3 Å². The largest absolute Gasteiger partial charge is 0.493 e. The minimum Gasteiger partial charge on any atom is -0.493 e. The molecule has 0 bridgehead atoms. The summed E-state index contributed by atoms with van der Waals surface area (Å²) >= 11 is 0. The number of ether oxygens (including phenoxy) is 3. The molecule has 0 aliphatic heterocycles. The third-order valence-electron chi connectivity index (χ3n) is 4.13. The fourth-order valence-electron chi connectivity index (χ4n) is 2.75. The molecule has 7 heteroatoms. The normalized spacial score (nSPS) is 10.6. The van der Waals surface area contributed by atoms with Gasteiger partial charge in [-0.1, -0.05) is 24.3 Å². The zero-order valence-electron chi connectivity index (χ0n) is 15.7. The monoisotopic (exact) mass is 390 g/mol. The number of hydrogen-bond acceptors (Lipinski definition) is 6. The van der Waals surface area contributed by atoms with Crippen LogP contribution in [0, 0.1) is 11.3 Å². The molecule has 0 aliphatic rings.